The van der Waals surface area contributed by atoms with Crippen LogP contribution in [-0.2, 0) is 14.9 Å². The van der Waals surface area contributed by atoms with Gasteiger partial charge < -0.3 is 15.0 Å². The van der Waals surface area contributed by atoms with Gasteiger partial charge in [0.15, 0.2) is 0 Å². The standard InChI is InChI=1S/C13H14N2O3/c1-2-18-12(17)15-7-13(8-15)9-5-3-4-6-10(9)14-11(13)16/h3-6H,2,7-8H2,1H3,(H,14,16). The molecule has 2 amide bonds. The van der Waals surface area contributed by atoms with Crippen LogP contribution >= 0.6 is 0 Å². The molecular formula is C13H14N2O3. The molecule has 1 aromatic rings. The highest BCUT2D eigenvalue weighted by molar-refractivity contribution is 6.08. The van der Waals surface area contributed by atoms with E-state index in [2.05, 4.69) is 5.32 Å². The predicted octanol–water partition coefficient (Wildman–Crippen LogP) is 1.35. The van der Waals surface area contributed by atoms with E-state index in [4.69, 9.17) is 4.74 Å². The fourth-order valence-corrected chi connectivity index (χ4v) is 2.64. The van der Waals surface area contributed by atoms with Gasteiger partial charge in [-0.2, -0.15) is 0 Å². The van der Waals surface area contributed by atoms with Gasteiger partial charge in [-0.05, 0) is 18.6 Å². The van der Waals surface area contributed by atoms with Crippen LogP contribution in [0.2, 0.25) is 0 Å². The Morgan fingerprint density at radius 1 is 1.44 bits per heavy atom. The van der Waals surface area contributed by atoms with Crippen molar-refractivity contribution in [2.75, 3.05) is 25.0 Å². The van der Waals surface area contributed by atoms with Crippen LogP contribution in [0.5, 0.6) is 0 Å². The quantitative estimate of drug-likeness (QED) is 0.813. The Morgan fingerprint density at radius 3 is 2.89 bits per heavy atom. The van der Waals surface area contributed by atoms with E-state index >= 15 is 0 Å². The SMILES string of the molecule is CCOC(=O)N1CC2(C1)C(=O)Nc1ccccc12. The maximum absolute atomic E-state index is 12.1. The van der Waals surface area contributed by atoms with E-state index in [0.29, 0.717) is 19.7 Å². The molecular weight excluding hydrogens is 232 g/mol. The lowest BCUT2D eigenvalue weighted by atomic mass is 9.75. The number of anilines is 1. The Balaban J connectivity index is 1.83. The minimum Gasteiger partial charge on any atom is -0.450 e. The largest absolute Gasteiger partial charge is 0.450 e. The minimum atomic E-state index is -0.566. The van der Waals surface area contributed by atoms with Gasteiger partial charge in [0.25, 0.3) is 0 Å². The first kappa shape index (κ1) is 11.1. The molecule has 94 valence electrons. The number of nitrogens with zero attached hydrogens (tertiary/aromatic N) is 1. The lowest BCUT2D eigenvalue weighted by Crippen LogP contribution is -2.64. The number of fused-ring (bicyclic) bond motifs is 2. The molecule has 1 saturated heterocycles. The molecule has 0 aliphatic carbocycles. The first-order valence-electron chi connectivity index (χ1n) is 6.00. The first-order valence-corrected chi connectivity index (χ1v) is 6.00. The summed E-state index contributed by atoms with van der Waals surface area (Å²) in [5.41, 5.74) is 1.27. The number of nitrogens with one attached hydrogen (secondary N) is 1. The minimum absolute atomic E-state index is 0.0238. The number of hydrogen-bond donors (Lipinski definition) is 1. The van der Waals surface area contributed by atoms with E-state index in [1.807, 2.05) is 24.3 Å². The van der Waals surface area contributed by atoms with E-state index in [9.17, 15) is 9.59 Å². The molecule has 0 bridgehead atoms. The summed E-state index contributed by atoms with van der Waals surface area (Å²) >= 11 is 0. The fraction of sp³-hybridized carbons (Fsp3) is 0.385. The number of amides is 2. The molecule has 18 heavy (non-hydrogen) atoms. The molecule has 0 atom stereocenters. The Hall–Kier alpha value is -2.04. The molecule has 0 saturated carbocycles. The van der Waals surface area contributed by atoms with Gasteiger partial charge in [0.1, 0.15) is 5.41 Å². The van der Waals surface area contributed by atoms with Gasteiger partial charge in [-0.3, -0.25) is 4.79 Å². The number of ether oxygens (including phenoxy) is 1. The van der Waals surface area contributed by atoms with E-state index in [-0.39, 0.29) is 12.0 Å². The monoisotopic (exact) mass is 246 g/mol. The number of rotatable bonds is 1. The van der Waals surface area contributed by atoms with Crippen molar-refractivity contribution in [2.45, 2.75) is 12.3 Å². The van der Waals surface area contributed by atoms with Crippen molar-refractivity contribution < 1.29 is 14.3 Å². The molecule has 0 aromatic heterocycles. The van der Waals surface area contributed by atoms with Gasteiger partial charge in [0.05, 0.1) is 6.61 Å². The van der Waals surface area contributed by atoms with Gasteiger partial charge >= 0.3 is 6.09 Å². The Kier molecular flexibility index (Phi) is 2.29. The maximum atomic E-state index is 12.1. The predicted molar refractivity (Wildman–Crippen MR) is 65.3 cm³/mol. The summed E-state index contributed by atoms with van der Waals surface area (Å²) in [7, 11) is 0. The highest BCUT2D eigenvalue weighted by Gasteiger charge is 2.56. The average Bonchev–Trinajstić information content (AvgIpc) is 2.59. The highest BCUT2D eigenvalue weighted by Crippen LogP contribution is 2.44. The fourth-order valence-electron chi connectivity index (χ4n) is 2.64. The molecule has 3 rings (SSSR count). The molecule has 0 unspecified atom stereocenters. The van der Waals surface area contributed by atoms with Crippen LogP contribution in [0.3, 0.4) is 0 Å². The van der Waals surface area contributed by atoms with Gasteiger partial charge in [-0.1, -0.05) is 18.2 Å². The van der Waals surface area contributed by atoms with Gasteiger partial charge in [-0.25, -0.2) is 4.79 Å². The number of benzene rings is 1. The number of carbonyl (C=O) groups excluding carboxylic acids is 2. The van der Waals surface area contributed by atoms with E-state index in [1.54, 1.807) is 11.8 Å². The molecule has 1 fully saturated rings. The van der Waals surface area contributed by atoms with Crippen molar-refractivity contribution in [2.24, 2.45) is 0 Å². The molecule has 1 spiro atoms. The van der Waals surface area contributed by atoms with Crippen LogP contribution in [0, 0.1) is 0 Å². The Bertz CT molecular complexity index is 521. The van der Waals surface area contributed by atoms with Crippen molar-refractivity contribution in [3.05, 3.63) is 29.8 Å². The summed E-state index contributed by atoms with van der Waals surface area (Å²) < 4.78 is 4.93. The zero-order valence-electron chi connectivity index (χ0n) is 10.1. The van der Waals surface area contributed by atoms with E-state index in [0.717, 1.165) is 11.3 Å². The van der Waals surface area contributed by atoms with Crippen molar-refractivity contribution >= 4 is 17.7 Å². The van der Waals surface area contributed by atoms with E-state index in [1.165, 1.54) is 0 Å². The number of hydrogen-bond acceptors (Lipinski definition) is 3. The van der Waals surface area contributed by atoms with Crippen molar-refractivity contribution in [1.82, 2.24) is 4.90 Å². The third kappa shape index (κ3) is 1.33. The number of carbonyl (C=O) groups is 2. The summed E-state index contributed by atoms with van der Waals surface area (Å²) in [4.78, 5) is 25.2. The van der Waals surface area contributed by atoms with Crippen LogP contribution in [0.25, 0.3) is 0 Å². The number of likely N-dealkylation sites (tertiary alicyclic amines) is 1. The zero-order chi connectivity index (χ0) is 12.8. The van der Waals surface area contributed by atoms with E-state index < -0.39 is 5.41 Å². The molecule has 2 aliphatic heterocycles. The Labute approximate surface area is 105 Å². The van der Waals surface area contributed by atoms with Crippen molar-refractivity contribution in [3.8, 4) is 0 Å². The molecule has 2 heterocycles. The van der Waals surface area contributed by atoms with Crippen molar-refractivity contribution in [3.63, 3.8) is 0 Å². The molecule has 5 heteroatoms. The maximum Gasteiger partial charge on any atom is 0.409 e. The summed E-state index contributed by atoms with van der Waals surface area (Å²) in [6, 6.07) is 7.62. The topological polar surface area (TPSA) is 58.6 Å². The molecule has 1 aromatic carbocycles. The lowest BCUT2D eigenvalue weighted by Gasteiger charge is -2.45. The van der Waals surface area contributed by atoms with Crippen LogP contribution < -0.4 is 5.32 Å². The molecule has 2 aliphatic rings. The number of para-hydroxylation sites is 1. The van der Waals surface area contributed by atoms with Crippen LogP contribution in [-0.4, -0.2) is 36.6 Å². The second-order valence-corrected chi connectivity index (χ2v) is 4.64. The normalized spacial score (nSPS) is 19.2. The van der Waals surface area contributed by atoms with Crippen LogP contribution in [0.4, 0.5) is 10.5 Å². The third-order valence-corrected chi connectivity index (χ3v) is 3.57. The van der Waals surface area contributed by atoms with Crippen molar-refractivity contribution in [1.29, 1.82) is 0 Å². The summed E-state index contributed by atoms with van der Waals surface area (Å²) in [6.45, 7) is 2.92. The smallest absolute Gasteiger partial charge is 0.409 e. The van der Waals surface area contributed by atoms with Crippen LogP contribution in [0.1, 0.15) is 12.5 Å². The van der Waals surface area contributed by atoms with Crippen LogP contribution in [0.15, 0.2) is 24.3 Å². The van der Waals surface area contributed by atoms with Gasteiger partial charge in [0.2, 0.25) is 5.91 Å². The summed E-state index contributed by atoms with van der Waals surface area (Å²) in [6.07, 6.45) is -0.347. The van der Waals surface area contributed by atoms with Gasteiger partial charge in [-0.15, -0.1) is 0 Å². The second kappa shape index (κ2) is 3.73. The molecule has 5 nitrogen and oxygen atoms in total. The zero-order valence-corrected chi connectivity index (χ0v) is 10.1. The lowest BCUT2D eigenvalue weighted by molar-refractivity contribution is -0.126. The Morgan fingerprint density at radius 2 is 2.17 bits per heavy atom. The van der Waals surface area contributed by atoms with Gasteiger partial charge in [0, 0.05) is 18.8 Å². The summed E-state index contributed by atoms with van der Waals surface area (Å²) in [5, 5.41) is 2.86. The molecule has 0 radical (unpaired) electrons. The molecule has 1 N–H and O–H groups in total. The average molecular weight is 246 g/mol. The third-order valence-electron chi connectivity index (χ3n) is 3.57. The first-order chi connectivity index (χ1) is 8.67. The summed E-state index contributed by atoms with van der Waals surface area (Å²) in [5.74, 6) is -0.0238. The highest BCUT2D eigenvalue weighted by atomic mass is 16.6. The second-order valence-electron chi connectivity index (χ2n) is 4.64.